The van der Waals surface area contributed by atoms with Crippen LogP contribution in [0.3, 0.4) is 0 Å². The number of imidazole rings is 1. The van der Waals surface area contributed by atoms with Gasteiger partial charge in [0.15, 0.2) is 0 Å². The Labute approximate surface area is 164 Å². The maximum Gasteiger partial charge on any atom is 0.224 e. The standard InChI is InChI=1S/C19H24N6O.ClH/c1-23-14-21-22-18(23)12-15-6-9-24(10-7-15)19(26)8-11-25-13-20-16-4-2-3-5-17(16)25;/h2-5,13-15H,6-12H2,1H3;1H. The van der Waals surface area contributed by atoms with Gasteiger partial charge in [0.2, 0.25) is 5.91 Å². The van der Waals surface area contributed by atoms with Crippen LogP contribution in [0.25, 0.3) is 11.0 Å². The van der Waals surface area contributed by atoms with Gasteiger partial charge in [0.05, 0.1) is 17.4 Å². The van der Waals surface area contributed by atoms with E-state index in [0.29, 0.717) is 18.9 Å². The molecule has 1 aliphatic rings. The fraction of sp³-hybridized carbons (Fsp3) is 0.474. The number of hydrogen-bond acceptors (Lipinski definition) is 4. The lowest BCUT2D eigenvalue weighted by Gasteiger charge is -2.32. The maximum absolute atomic E-state index is 12.6. The lowest BCUT2D eigenvalue weighted by Crippen LogP contribution is -2.39. The van der Waals surface area contributed by atoms with E-state index in [1.54, 1.807) is 6.33 Å². The van der Waals surface area contributed by atoms with E-state index in [0.717, 1.165) is 49.2 Å². The molecule has 0 saturated carbocycles. The molecule has 1 aromatic carbocycles. The lowest BCUT2D eigenvalue weighted by atomic mass is 9.93. The first kappa shape index (κ1) is 19.4. The van der Waals surface area contributed by atoms with Crippen LogP contribution in [0, 0.1) is 5.92 Å². The topological polar surface area (TPSA) is 68.8 Å². The number of rotatable bonds is 5. The van der Waals surface area contributed by atoms with Gasteiger partial charge in [0.1, 0.15) is 12.2 Å². The zero-order chi connectivity index (χ0) is 17.9. The Kier molecular flexibility index (Phi) is 6.11. The summed E-state index contributed by atoms with van der Waals surface area (Å²) < 4.78 is 4.04. The summed E-state index contributed by atoms with van der Waals surface area (Å²) in [5.41, 5.74) is 2.06. The van der Waals surface area contributed by atoms with Crippen LogP contribution >= 0.6 is 12.4 Å². The van der Waals surface area contributed by atoms with E-state index in [1.165, 1.54) is 0 Å². The SMILES string of the molecule is Cl.Cn1cnnc1CC1CCN(C(=O)CCn2cnc3ccccc32)CC1. The van der Waals surface area contributed by atoms with Crippen molar-refractivity contribution >= 4 is 29.3 Å². The first-order valence-corrected chi connectivity index (χ1v) is 9.21. The van der Waals surface area contributed by atoms with Gasteiger partial charge in [0.25, 0.3) is 0 Å². The largest absolute Gasteiger partial charge is 0.343 e. The quantitative estimate of drug-likeness (QED) is 0.673. The molecule has 4 rings (SSSR count). The van der Waals surface area contributed by atoms with Gasteiger partial charge in [-0.3, -0.25) is 4.79 Å². The number of likely N-dealkylation sites (tertiary alicyclic amines) is 1. The number of aromatic nitrogens is 5. The van der Waals surface area contributed by atoms with Crippen molar-refractivity contribution in [2.45, 2.75) is 32.2 Å². The molecule has 144 valence electrons. The Hall–Kier alpha value is -2.41. The van der Waals surface area contributed by atoms with Crippen LogP contribution in [0.5, 0.6) is 0 Å². The summed E-state index contributed by atoms with van der Waals surface area (Å²) in [6, 6.07) is 8.03. The average Bonchev–Trinajstić information content (AvgIpc) is 3.27. The molecule has 0 unspecified atom stereocenters. The molecule has 0 radical (unpaired) electrons. The highest BCUT2D eigenvalue weighted by molar-refractivity contribution is 5.85. The van der Waals surface area contributed by atoms with Gasteiger partial charge in [-0.2, -0.15) is 0 Å². The second kappa shape index (κ2) is 8.52. The number of nitrogens with zero attached hydrogens (tertiary/aromatic N) is 6. The third-order valence-corrected chi connectivity index (χ3v) is 5.34. The van der Waals surface area contributed by atoms with Crippen molar-refractivity contribution in [1.82, 2.24) is 29.2 Å². The molecule has 1 aliphatic heterocycles. The molecule has 3 aromatic rings. The van der Waals surface area contributed by atoms with Gasteiger partial charge in [-0.05, 0) is 30.9 Å². The summed E-state index contributed by atoms with van der Waals surface area (Å²) in [5.74, 6) is 1.85. The maximum atomic E-state index is 12.6. The summed E-state index contributed by atoms with van der Waals surface area (Å²) in [7, 11) is 1.98. The van der Waals surface area contributed by atoms with E-state index >= 15 is 0 Å². The number of fused-ring (bicyclic) bond motifs is 1. The third kappa shape index (κ3) is 4.30. The lowest BCUT2D eigenvalue weighted by molar-refractivity contribution is -0.132. The first-order chi connectivity index (χ1) is 12.7. The number of para-hydroxylation sites is 2. The molecule has 1 saturated heterocycles. The van der Waals surface area contributed by atoms with E-state index in [9.17, 15) is 4.79 Å². The predicted octanol–water partition coefficient (Wildman–Crippen LogP) is 2.46. The van der Waals surface area contributed by atoms with E-state index < -0.39 is 0 Å². The van der Waals surface area contributed by atoms with Crippen LogP contribution in [0.4, 0.5) is 0 Å². The van der Waals surface area contributed by atoms with Crippen LogP contribution < -0.4 is 0 Å². The van der Waals surface area contributed by atoms with Crippen LogP contribution in [-0.2, 0) is 24.8 Å². The second-order valence-electron chi connectivity index (χ2n) is 7.06. The molecule has 8 heteroatoms. The van der Waals surface area contributed by atoms with Gasteiger partial charge in [-0.25, -0.2) is 4.98 Å². The van der Waals surface area contributed by atoms with Crippen LogP contribution in [0.1, 0.15) is 25.1 Å². The van der Waals surface area contributed by atoms with E-state index in [4.69, 9.17) is 0 Å². The summed E-state index contributed by atoms with van der Waals surface area (Å²) in [5, 5.41) is 8.11. The first-order valence-electron chi connectivity index (χ1n) is 9.21. The Morgan fingerprint density at radius 1 is 1.19 bits per heavy atom. The number of halogens is 1. The fourth-order valence-electron chi connectivity index (χ4n) is 3.70. The Morgan fingerprint density at radius 2 is 1.96 bits per heavy atom. The van der Waals surface area contributed by atoms with Crippen molar-refractivity contribution in [2.24, 2.45) is 13.0 Å². The molecule has 27 heavy (non-hydrogen) atoms. The summed E-state index contributed by atoms with van der Waals surface area (Å²) in [4.78, 5) is 19.0. The summed E-state index contributed by atoms with van der Waals surface area (Å²) >= 11 is 0. The smallest absolute Gasteiger partial charge is 0.224 e. The van der Waals surface area contributed by atoms with Gasteiger partial charge >= 0.3 is 0 Å². The molecule has 7 nitrogen and oxygen atoms in total. The molecule has 2 aromatic heterocycles. The van der Waals surface area contributed by atoms with Crippen molar-refractivity contribution in [3.05, 3.63) is 42.7 Å². The number of carbonyl (C=O) groups is 1. The van der Waals surface area contributed by atoms with Crippen LogP contribution in [-0.4, -0.2) is 48.2 Å². The number of piperidine rings is 1. The summed E-state index contributed by atoms with van der Waals surface area (Å²) in [6.07, 6.45) is 7.10. The van der Waals surface area contributed by atoms with Crippen molar-refractivity contribution in [3.8, 4) is 0 Å². The molecular weight excluding hydrogens is 364 g/mol. The van der Waals surface area contributed by atoms with E-state index in [2.05, 4.69) is 19.7 Å². The van der Waals surface area contributed by atoms with Crippen molar-refractivity contribution in [1.29, 1.82) is 0 Å². The minimum absolute atomic E-state index is 0. The zero-order valence-electron chi connectivity index (χ0n) is 15.5. The molecule has 1 fully saturated rings. The number of aryl methyl sites for hydroxylation is 2. The van der Waals surface area contributed by atoms with E-state index in [1.807, 2.05) is 47.1 Å². The molecule has 0 spiro atoms. The van der Waals surface area contributed by atoms with Gasteiger partial charge < -0.3 is 14.0 Å². The molecule has 0 atom stereocenters. The van der Waals surface area contributed by atoms with Gasteiger partial charge in [0, 0.05) is 39.5 Å². The normalized spacial score (nSPS) is 15.1. The average molecular weight is 389 g/mol. The predicted molar refractivity (Wildman–Crippen MR) is 106 cm³/mol. The van der Waals surface area contributed by atoms with E-state index in [-0.39, 0.29) is 18.3 Å². The minimum atomic E-state index is 0. The Balaban J connectivity index is 0.00000210. The Morgan fingerprint density at radius 3 is 2.70 bits per heavy atom. The van der Waals surface area contributed by atoms with Crippen molar-refractivity contribution in [3.63, 3.8) is 0 Å². The number of carbonyl (C=O) groups excluding carboxylic acids is 1. The molecule has 0 bridgehead atoms. The highest BCUT2D eigenvalue weighted by Gasteiger charge is 2.23. The van der Waals surface area contributed by atoms with Crippen LogP contribution in [0.2, 0.25) is 0 Å². The molecule has 3 heterocycles. The molecule has 0 N–H and O–H groups in total. The molecule has 1 amide bonds. The van der Waals surface area contributed by atoms with Crippen molar-refractivity contribution in [2.75, 3.05) is 13.1 Å². The Bertz CT molecular complexity index is 896. The van der Waals surface area contributed by atoms with Crippen molar-refractivity contribution < 1.29 is 4.79 Å². The highest BCUT2D eigenvalue weighted by Crippen LogP contribution is 2.21. The zero-order valence-corrected chi connectivity index (χ0v) is 16.3. The van der Waals surface area contributed by atoms with Gasteiger partial charge in [-0.1, -0.05) is 12.1 Å². The van der Waals surface area contributed by atoms with Gasteiger partial charge in [-0.15, -0.1) is 22.6 Å². The highest BCUT2D eigenvalue weighted by atomic mass is 35.5. The minimum Gasteiger partial charge on any atom is -0.343 e. The number of hydrogen-bond donors (Lipinski definition) is 0. The fourth-order valence-corrected chi connectivity index (χ4v) is 3.70. The second-order valence-corrected chi connectivity index (χ2v) is 7.06. The molecule has 0 aliphatic carbocycles. The number of amides is 1. The van der Waals surface area contributed by atoms with Crippen LogP contribution in [0.15, 0.2) is 36.9 Å². The summed E-state index contributed by atoms with van der Waals surface area (Å²) in [6.45, 7) is 2.36. The number of benzene rings is 1. The monoisotopic (exact) mass is 388 g/mol. The molecular formula is C19H25ClN6O. The third-order valence-electron chi connectivity index (χ3n) is 5.34.